The summed E-state index contributed by atoms with van der Waals surface area (Å²) in [6, 6.07) is 2.16. The summed E-state index contributed by atoms with van der Waals surface area (Å²) in [5.74, 6) is -0.341. The molecular formula is C18H23N3O4. The number of carbonyl (C=O) groups excluding carboxylic acids is 2. The van der Waals surface area contributed by atoms with E-state index in [1.165, 1.54) is 13.1 Å². The molecule has 1 unspecified atom stereocenters. The molecule has 1 aliphatic rings. The van der Waals surface area contributed by atoms with Crippen LogP contribution >= 0.6 is 0 Å². The smallest absolute Gasteiger partial charge is 0.360 e. The summed E-state index contributed by atoms with van der Waals surface area (Å²) in [5.41, 5.74) is 0.722. The lowest BCUT2D eigenvalue weighted by atomic mass is 9.99. The normalized spacial score (nSPS) is 19.1. The average Bonchev–Trinajstić information content (AvgIpc) is 2.71. The van der Waals surface area contributed by atoms with Crippen LogP contribution in [0.1, 0.15) is 44.0 Å². The van der Waals surface area contributed by atoms with Crippen LogP contribution in [0.4, 0.5) is 5.82 Å². The molecule has 25 heavy (non-hydrogen) atoms. The topological polar surface area (TPSA) is 93.3 Å². The predicted molar refractivity (Wildman–Crippen MR) is 91.9 cm³/mol. The summed E-state index contributed by atoms with van der Waals surface area (Å²) >= 11 is 0. The van der Waals surface area contributed by atoms with Crippen molar-refractivity contribution in [1.82, 2.24) is 4.57 Å². The first kappa shape index (κ1) is 18.7. The third kappa shape index (κ3) is 2.94. The van der Waals surface area contributed by atoms with E-state index in [0.29, 0.717) is 22.6 Å². The molecule has 0 saturated carbocycles. The quantitative estimate of drug-likeness (QED) is 0.824. The minimum atomic E-state index is -1.54. The first-order chi connectivity index (χ1) is 11.8. The SMILES string of the molecule is CCOC(=O)C1(OCC)CC(C(C)=O)=CNc2c(C#N)c(C)c(C)n21. The van der Waals surface area contributed by atoms with Crippen molar-refractivity contribution < 1.29 is 19.1 Å². The number of ketones is 1. The van der Waals surface area contributed by atoms with Gasteiger partial charge in [0.25, 0.3) is 0 Å². The van der Waals surface area contributed by atoms with Crippen molar-refractivity contribution in [3.05, 3.63) is 28.6 Å². The fourth-order valence-electron chi connectivity index (χ4n) is 3.12. The van der Waals surface area contributed by atoms with Gasteiger partial charge in [-0.1, -0.05) is 0 Å². The Hall–Kier alpha value is -2.59. The molecule has 1 aromatic heterocycles. The van der Waals surface area contributed by atoms with Crippen molar-refractivity contribution in [3.8, 4) is 6.07 Å². The van der Waals surface area contributed by atoms with E-state index >= 15 is 0 Å². The van der Waals surface area contributed by atoms with Crippen molar-refractivity contribution in [2.24, 2.45) is 0 Å². The summed E-state index contributed by atoms with van der Waals surface area (Å²) in [7, 11) is 0. The minimum Gasteiger partial charge on any atom is -0.462 e. The lowest BCUT2D eigenvalue weighted by molar-refractivity contribution is -0.187. The lowest BCUT2D eigenvalue weighted by Gasteiger charge is -2.34. The first-order valence-corrected chi connectivity index (χ1v) is 8.24. The number of nitrogens with one attached hydrogen (secondary N) is 1. The summed E-state index contributed by atoms with van der Waals surface area (Å²) in [5, 5.41) is 12.6. The molecule has 0 fully saturated rings. The number of hydrogen-bond acceptors (Lipinski definition) is 6. The molecular weight excluding hydrogens is 322 g/mol. The van der Waals surface area contributed by atoms with Crippen LogP contribution < -0.4 is 5.32 Å². The molecule has 1 aliphatic heterocycles. The molecule has 7 nitrogen and oxygen atoms in total. The van der Waals surface area contributed by atoms with Crippen molar-refractivity contribution in [2.45, 2.75) is 46.8 Å². The Morgan fingerprint density at radius 3 is 2.56 bits per heavy atom. The second-order valence-electron chi connectivity index (χ2n) is 5.87. The number of carbonyl (C=O) groups is 2. The van der Waals surface area contributed by atoms with Crippen molar-refractivity contribution in [3.63, 3.8) is 0 Å². The monoisotopic (exact) mass is 345 g/mol. The first-order valence-electron chi connectivity index (χ1n) is 8.24. The predicted octanol–water partition coefficient (Wildman–Crippen LogP) is 2.52. The summed E-state index contributed by atoms with van der Waals surface area (Å²) < 4.78 is 12.8. The molecule has 0 radical (unpaired) electrons. The van der Waals surface area contributed by atoms with Crippen molar-refractivity contribution in [2.75, 3.05) is 18.5 Å². The van der Waals surface area contributed by atoms with E-state index in [2.05, 4.69) is 11.4 Å². The Labute approximate surface area is 147 Å². The largest absolute Gasteiger partial charge is 0.462 e. The number of Topliss-reactive ketones (excluding diaryl/α,β-unsaturated/α-hetero) is 1. The van der Waals surface area contributed by atoms with E-state index < -0.39 is 11.7 Å². The molecule has 0 aromatic carbocycles. The maximum Gasteiger partial charge on any atom is 0.360 e. The van der Waals surface area contributed by atoms with Crippen molar-refractivity contribution in [1.29, 1.82) is 5.26 Å². The molecule has 1 aromatic rings. The van der Waals surface area contributed by atoms with Gasteiger partial charge in [-0.2, -0.15) is 5.26 Å². The van der Waals surface area contributed by atoms with Gasteiger partial charge in [0.1, 0.15) is 11.9 Å². The van der Waals surface area contributed by atoms with Gasteiger partial charge >= 0.3 is 5.97 Å². The molecule has 1 N–H and O–H groups in total. The summed E-state index contributed by atoms with van der Waals surface area (Å²) in [4.78, 5) is 25.0. The fraction of sp³-hybridized carbons (Fsp3) is 0.500. The van der Waals surface area contributed by atoms with Gasteiger partial charge in [0.05, 0.1) is 12.2 Å². The van der Waals surface area contributed by atoms with Crippen LogP contribution in [0.25, 0.3) is 0 Å². The molecule has 0 bridgehead atoms. The maximum absolute atomic E-state index is 12.9. The van der Waals surface area contributed by atoms with Gasteiger partial charge in [0.15, 0.2) is 5.78 Å². The van der Waals surface area contributed by atoms with Gasteiger partial charge in [-0.15, -0.1) is 0 Å². The van der Waals surface area contributed by atoms with Crippen LogP contribution in [-0.4, -0.2) is 29.5 Å². The molecule has 134 valence electrons. The van der Waals surface area contributed by atoms with Gasteiger partial charge in [-0.25, -0.2) is 4.79 Å². The molecule has 0 saturated heterocycles. The highest BCUT2D eigenvalue weighted by Crippen LogP contribution is 2.40. The van der Waals surface area contributed by atoms with Gasteiger partial charge in [0, 0.05) is 30.5 Å². The van der Waals surface area contributed by atoms with Crippen LogP contribution in [0.2, 0.25) is 0 Å². The lowest BCUT2D eigenvalue weighted by Crippen LogP contribution is -2.47. The van der Waals surface area contributed by atoms with Crippen LogP contribution in [0.3, 0.4) is 0 Å². The highest BCUT2D eigenvalue weighted by Gasteiger charge is 2.48. The Kier molecular flexibility index (Phi) is 5.33. The zero-order valence-corrected chi connectivity index (χ0v) is 15.2. The Balaban J connectivity index is 2.84. The minimum absolute atomic E-state index is 0.0227. The number of hydrogen-bond donors (Lipinski definition) is 1. The van der Waals surface area contributed by atoms with Gasteiger partial charge in [0.2, 0.25) is 5.72 Å². The molecule has 2 heterocycles. The van der Waals surface area contributed by atoms with E-state index in [4.69, 9.17) is 9.47 Å². The van der Waals surface area contributed by atoms with E-state index in [9.17, 15) is 14.9 Å². The number of rotatable bonds is 5. The van der Waals surface area contributed by atoms with Crippen molar-refractivity contribution >= 4 is 17.6 Å². The zero-order valence-electron chi connectivity index (χ0n) is 15.2. The summed E-state index contributed by atoms with van der Waals surface area (Å²) in [6.45, 7) is 8.96. The van der Waals surface area contributed by atoms with E-state index in [1.54, 1.807) is 18.4 Å². The number of esters is 1. The third-order valence-corrected chi connectivity index (χ3v) is 4.43. The number of ether oxygens (including phenoxy) is 2. The maximum atomic E-state index is 12.9. The number of fused-ring (bicyclic) bond motifs is 1. The number of nitriles is 1. The molecule has 0 spiro atoms. The van der Waals surface area contributed by atoms with E-state index in [-0.39, 0.29) is 25.4 Å². The highest BCUT2D eigenvalue weighted by molar-refractivity contribution is 5.95. The second-order valence-corrected chi connectivity index (χ2v) is 5.87. The molecule has 0 aliphatic carbocycles. The number of nitrogens with zero attached hydrogens (tertiary/aromatic N) is 2. The second kappa shape index (κ2) is 7.11. The zero-order chi connectivity index (χ0) is 18.8. The van der Waals surface area contributed by atoms with Gasteiger partial charge < -0.3 is 14.8 Å². The highest BCUT2D eigenvalue weighted by atomic mass is 16.6. The van der Waals surface area contributed by atoms with Crippen LogP contribution in [0.5, 0.6) is 0 Å². The summed E-state index contributed by atoms with van der Waals surface area (Å²) in [6.07, 6.45) is 1.56. The van der Waals surface area contributed by atoms with Crippen LogP contribution in [0, 0.1) is 25.2 Å². The van der Waals surface area contributed by atoms with Gasteiger partial charge in [-0.05, 0) is 40.2 Å². The third-order valence-electron chi connectivity index (χ3n) is 4.43. The molecule has 7 heteroatoms. The van der Waals surface area contributed by atoms with Crippen LogP contribution in [-0.2, 0) is 24.8 Å². The Bertz CT molecular complexity index is 785. The molecule has 2 rings (SSSR count). The Morgan fingerprint density at radius 1 is 1.36 bits per heavy atom. The number of aromatic nitrogens is 1. The van der Waals surface area contributed by atoms with Gasteiger partial charge in [-0.3, -0.25) is 9.36 Å². The molecule has 1 atom stereocenters. The van der Waals surface area contributed by atoms with Crippen LogP contribution in [0.15, 0.2) is 11.8 Å². The standard InChI is InChI=1S/C18H23N3O4/c1-6-24-17(23)18(25-7-2)8-14(13(5)22)10-20-16-15(9-19)11(3)12(4)21(16)18/h10,20H,6-8H2,1-5H3. The van der Waals surface area contributed by atoms with E-state index in [1.807, 2.05) is 13.8 Å². The number of anilines is 1. The van der Waals surface area contributed by atoms with E-state index in [0.717, 1.165) is 5.56 Å². The fourth-order valence-corrected chi connectivity index (χ4v) is 3.12. The Morgan fingerprint density at radius 2 is 2.04 bits per heavy atom. The molecule has 0 amide bonds. The average molecular weight is 345 g/mol.